The van der Waals surface area contributed by atoms with Gasteiger partial charge >= 0.3 is 5.97 Å². The number of carboxylic acids is 1. The van der Waals surface area contributed by atoms with E-state index in [0.29, 0.717) is 4.88 Å². The maximum atomic E-state index is 12.0. The molecule has 0 saturated carbocycles. The Labute approximate surface area is 110 Å². The molecule has 1 heterocycles. The van der Waals surface area contributed by atoms with E-state index in [1.807, 2.05) is 6.07 Å². The van der Waals surface area contributed by atoms with E-state index in [4.69, 9.17) is 5.11 Å². The van der Waals surface area contributed by atoms with Crippen LogP contribution in [0.1, 0.15) is 46.8 Å². The summed E-state index contributed by atoms with van der Waals surface area (Å²) < 4.78 is 0. The molecule has 98 valence electrons. The van der Waals surface area contributed by atoms with Gasteiger partial charge in [-0.25, -0.2) is 4.79 Å². The number of thiophene rings is 1. The molecule has 0 bridgehead atoms. The molecule has 5 heteroatoms. The van der Waals surface area contributed by atoms with E-state index in [-0.39, 0.29) is 5.91 Å². The number of rotatable bonds is 3. The second-order valence-corrected chi connectivity index (χ2v) is 6.29. The standard InChI is InChI=1S/C13H17NO3S/c1-13(2,12(16)17)14-11(15)10-7-8-5-3-4-6-9(8)18-10/h7H,3-6H2,1-2H3,(H,14,15)(H,16,17). The van der Waals surface area contributed by atoms with Crippen molar-refractivity contribution in [3.63, 3.8) is 0 Å². The van der Waals surface area contributed by atoms with Gasteiger partial charge < -0.3 is 10.4 Å². The summed E-state index contributed by atoms with van der Waals surface area (Å²) in [6, 6.07) is 1.91. The Kier molecular flexibility index (Phi) is 3.43. The number of carboxylic acid groups (broad SMARTS) is 1. The predicted octanol–water partition coefficient (Wildman–Crippen LogP) is 2.22. The number of hydrogen-bond donors (Lipinski definition) is 2. The Bertz CT molecular complexity index is 467. The normalized spacial score (nSPS) is 15.0. The second-order valence-electron chi connectivity index (χ2n) is 5.15. The van der Waals surface area contributed by atoms with Gasteiger partial charge in [-0.3, -0.25) is 4.79 Å². The molecular formula is C13H17NO3S. The molecule has 0 aliphatic heterocycles. The number of amides is 1. The van der Waals surface area contributed by atoms with Crippen LogP contribution in [-0.2, 0) is 17.6 Å². The van der Waals surface area contributed by atoms with Gasteiger partial charge in [0.05, 0.1) is 4.88 Å². The van der Waals surface area contributed by atoms with Crippen LogP contribution >= 0.6 is 11.3 Å². The van der Waals surface area contributed by atoms with Crippen molar-refractivity contribution in [3.05, 3.63) is 21.4 Å². The van der Waals surface area contributed by atoms with Gasteiger partial charge in [-0.1, -0.05) is 0 Å². The van der Waals surface area contributed by atoms with E-state index in [1.54, 1.807) is 0 Å². The summed E-state index contributed by atoms with van der Waals surface area (Å²) in [5.41, 5.74) is 0.0197. The number of aliphatic carboxylic acids is 1. The van der Waals surface area contributed by atoms with Crippen molar-refractivity contribution in [1.29, 1.82) is 0 Å². The molecule has 1 aromatic heterocycles. The largest absolute Gasteiger partial charge is 0.480 e. The van der Waals surface area contributed by atoms with Gasteiger partial charge in [-0.05, 0) is 51.2 Å². The van der Waals surface area contributed by atoms with Gasteiger partial charge in [-0.15, -0.1) is 11.3 Å². The number of nitrogens with one attached hydrogen (secondary N) is 1. The lowest BCUT2D eigenvalue weighted by Crippen LogP contribution is -2.49. The lowest BCUT2D eigenvalue weighted by molar-refractivity contribution is -0.143. The third-order valence-electron chi connectivity index (χ3n) is 3.18. The molecule has 1 aliphatic rings. The molecular weight excluding hydrogens is 250 g/mol. The smallest absolute Gasteiger partial charge is 0.328 e. The predicted molar refractivity (Wildman–Crippen MR) is 70.1 cm³/mol. The van der Waals surface area contributed by atoms with Gasteiger partial charge in [0.15, 0.2) is 0 Å². The summed E-state index contributed by atoms with van der Waals surface area (Å²) in [6.45, 7) is 2.97. The van der Waals surface area contributed by atoms with Crippen LogP contribution < -0.4 is 5.32 Å². The lowest BCUT2D eigenvalue weighted by atomic mass is 9.99. The van der Waals surface area contributed by atoms with Crippen molar-refractivity contribution in [2.45, 2.75) is 45.1 Å². The highest BCUT2D eigenvalue weighted by Crippen LogP contribution is 2.29. The summed E-state index contributed by atoms with van der Waals surface area (Å²) in [4.78, 5) is 24.9. The minimum absolute atomic E-state index is 0.290. The van der Waals surface area contributed by atoms with Crippen LogP contribution in [0.4, 0.5) is 0 Å². The number of carbonyl (C=O) groups excluding carboxylic acids is 1. The topological polar surface area (TPSA) is 66.4 Å². The molecule has 0 saturated heterocycles. The van der Waals surface area contributed by atoms with E-state index in [0.717, 1.165) is 12.8 Å². The summed E-state index contributed by atoms with van der Waals surface area (Å²) in [7, 11) is 0. The first-order valence-electron chi connectivity index (χ1n) is 6.07. The van der Waals surface area contributed by atoms with E-state index < -0.39 is 11.5 Å². The van der Waals surface area contributed by atoms with Crippen LogP contribution in [0, 0.1) is 0 Å². The minimum atomic E-state index is -1.23. The number of aryl methyl sites for hydroxylation is 2. The average Bonchev–Trinajstić information content (AvgIpc) is 2.71. The van der Waals surface area contributed by atoms with Crippen molar-refractivity contribution < 1.29 is 14.7 Å². The lowest BCUT2D eigenvalue weighted by Gasteiger charge is -2.20. The van der Waals surface area contributed by atoms with Gasteiger partial charge in [0.25, 0.3) is 5.91 Å². The van der Waals surface area contributed by atoms with Gasteiger partial charge in [0, 0.05) is 4.88 Å². The Morgan fingerprint density at radius 1 is 1.33 bits per heavy atom. The first-order valence-corrected chi connectivity index (χ1v) is 6.89. The summed E-state index contributed by atoms with van der Waals surface area (Å²) in [6.07, 6.45) is 4.41. The zero-order chi connectivity index (χ0) is 13.3. The van der Waals surface area contributed by atoms with E-state index >= 15 is 0 Å². The monoisotopic (exact) mass is 267 g/mol. The Morgan fingerprint density at radius 3 is 2.61 bits per heavy atom. The Morgan fingerprint density at radius 2 is 2.00 bits per heavy atom. The van der Waals surface area contributed by atoms with Crippen LogP contribution in [0.2, 0.25) is 0 Å². The van der Waals surface area contributed by atoms with Crippen molar-refractivity contribution in [3.8, 4) is 0 Å². The van der Waals surface area contributed by atoms with Crippen LogP contribution in [-0.4, -0.2) is 22.5 Å². The van der Waals surface area contributed by atoms with Crippen molar-refractivity contribution in [1.82, 2.24) is 5.32 Å². The molecule has 0 fully saturated rings. The van der Waals surface area contributed by atoms with E-state index in [1.165, 1.54) is 48.5 Å². The fourth-order valence-electron chi connectivity index (χ4n) is 2.00. The second kappa shape index (κ2) is 4.72. The van der Waals surface area contributed by atoms with Crippen molar-refractivity contribution >= 4 is 23.2 Å². The fourth-order valence-corrected chi connectivity index (χ4v) is 3.15. The highest BCUT2D eigenvalue weighted by atomic mass is 32.1. The Balaban J connectivity index is 2.14. The third kappa shape index (κ3) is 2.56. The molecule has 0 radical (unpaired) electrons. The molecule has 0 spiro atoms. The highest BCUT2D eigenvalue weighted by molar-refractivity contribution is 7.14. The average molecular weight is 267 g/mol. The first kappa shape index (κ1) is 13.1. The van der Waals surface area contributed by atoms with Crippen LogP contribution in [0.5, 0.6) is 0 Å². The zero-order valence-corrected chi connectivity index (χ0v) is 11.4. The minimum Gasteiger partial charge on any atom is -0.480 e. The number of hydrogen-bond acceptors (Lipinski definition) is 3. The molecule has 0 aromatic carbocycles. The molecule has 4 nitrogen and oxygen atoms in total. The maximum absolute atomic E-state index is 12.0. The molecule has 18 heavy (non-hydrogen) atoms. The summed E-state index contributed by atoms with van der Waals surface area (Å²) in [5.74, 6) is -1.32. The summed E-state index contributed by atoms with van der Waals surface area (Å²) in [5, 5.41) is 11.5. The molecule has 2 N–H and O–H groups in total. The molecule has 0 atom stereocenters. The van der Waals surface area contributed by atoms with Crippen LogP contribution in [0.15, 0.2) is 6.07 Å². The third-order valence-corrected chi connectivity index (χ3v) is 4.42. The van der Waals surface area contributed by atoms with Gasteiger partial charge in [0.1, 0.15) is 5.54 Å². The van der Waals surface area contributed by atoms with E-state index in [9.17, 15) is 9.59 Å². The Hall–Kier alpha value is -1.36. The highest BCUT2D eigenvalue weighted by Gasteiger charge is 2.30. The molecule has 2 rings (SSSR count). The number of carbonyl (C=O) groups is 2. The van der Waals surface area contributed by atoms with Crippen molar-refractivity contribution in [2.75, 3.05) is 0 Å². The number of fused-ring (bicyclic) bond motifs is 1. The zero-order valence-electron chi connectivity index (χ0n) is 10.6. The van der Waals surface area contributed by atoms with Gasteiger partial charge in [-0.2, -0.15) is 0 Å². The maximum Gasteiger partial charge on any atom is 0.328 e. The quantitative estimate of drug-likeness (QED) is 0.882. The van der Waals surface area contributed by atoms with Crippen molar-refractivity contribution in [2.24, 2.45) is 0 Å². The molecule has 1 aromatic rings. The van der Waals surface area contributed by atoms with Crippen LogP contribution in [0.3, 0.4) is 0 Å². The van der Waals surface area contributed by atoms with Crippen LogP contribution in [0.25, 0.3) is 0 Å². The molecule has 1 amide bonds. The molecule has 0 unspecified atom stereocenters. The van der Waals surface area contributed by atoms with Gasteiger partial charge in [0.2, 0.25) is 0 Å². The summed E-state index contributed by atoms with van der Waals surface area (Å²) >= 11 is 1.49. The first-order chi connectivity index (χ1) is 8.40. The fraction of sp³-hybridized carbons (Fsp3) is 0.538. The van der Waals surface area contributed by atoms with E-state index in [2.05, 4.69) is 5.32 Å². The molecule has 1 aliphatic carbocycles. The SMILES string of the molecule is CC(C)(NC(=O)c1cc2c(s1)CCCC2)C(=O)O.